The molecular weight excluding hydrogens is 1810 g/mol. The van der Waals surface area contributed by atoms with E-state index in [9.17, 15) is 15.3 Å². The average Bonchev–Trinajstić information content (AvgIpc) is 0.889. The molecule has 10 atom stereocenters. The number of nitrogens with zero attached hydrogens (tertiary/aromatic N) is 15. The van der Waals surface area contributed by atoms with E-state index in [0.717, 1.165) is 127 Å². The third-order valence-electron chi connectivity index (χ3n) is 31.2. The van der Waals surface area contributed by atoms with Gasteiger partial charge in [0.25, 0.3) is 0 Å². The summed E-state index contributed by atoms with van der Waals surface area (Å²) in [5.41, 5.74) is 7.89. The van der Waals surface area contributed by atoms with Gasteiger partial charge in [-0.15, -0.1) is 19.3 Å². The fraction of sp³-hybridized carbons (Fsp3) is 0.430. The molecule has 656 valence electrons. The Bertz CT molecular complexity index is 6890. The van der Waals surface area contributed by atoms with Gasteiger partial charge in [-0.3, -0.25) is 19.7 Å². The zero-order chi connectivity index (χ0) is 87.4. The van der Waals surface area contributed by atoms with Crippen molar-refractivity contribution in [3.8, 4) is 106 Å². The Kier molecular flexibility index (Phi) is 19.7. The number of ether oxygens (including phenoxy) is 3. The van der Waals surface area contributed by atoms with Crippen LogP contribution in [0.4, 0.5) is 30.6 Å². The monoisotopic (exact) mass is 1910 g/mol. The highest BCUT2D eigenvalue weighted by Gasteiger charge is 2.54. The second-order valence-electron chi connectivity index (χ2n) is 38.3. The number of rotatable bonds is 17. The second kappa shape index (κ2) is 31.2. The summed E-state index contributed by atoms with van der Waals surface area (Å²) in [6.45, 7) is 10.7. The van der Waals surface area contributed by atoms with Crippen molar-refractivity contribution in [2.75, 3.05) is 100.0 Å². The van der Waals surface area contributed by atoms with Crippen LogP contribution in [-0.2, 0) is 0 Å². The molecule has 12 aliphatic rings. The molecule has 6 bridgehead atoms. The molecule has 12 aromatic rings. The number of aromatic hydroxyl groups is 3. The van der Waals surface area contributed by atoms with Gasteiger partial charge >= 0.3 is 18.0 Å². The first-order valence-corrected chi connectivity index (χ1v) is 47.6. The van der Waals surface area contributed by atoms with Crippen molar-refractivity contribution in [3.63, 3.8) is 0 Å². The highest BCUT2D eigenvalue weighted by atomic mass is 127. The smallest absolute Gasteiger partial charge is 0.319 e. The van der Waals surface area contributed by atoms with Crippen molar-refractivity contribution in [2.45, 2.75) is 187 Å². The zero-order valence-corrected chi connectivity index (χ0v) is 75.2. The Morgan fingerprint density at radius 1 is 0.442 bits per heavy atom. The summed E-state index contributed by atoms with van der Waals surface area (Å²) >= 11 is 6.25. The minimum Gasteiger partial charge on any atom is -0.508 e. The van der Waals surface area contributed by atoms with Gasteiger partial charge in [-0.25, -0.2) is 23.1 Å². The molecular formula is C100H95BrF3IN18O6. The van der Waals surface area contributed by atoms with Crippen LogP contribution in [0.15, 0.2) is 83.7 Å². The molecule has 0 spiro atoms. The van der Waals surface area contributed by atoms with Gasteiger partial charge in [0.2, 0.25) is 0 Å². The Balaban J connectivity index is 0.551. The fourth-order valence-electron chi connectivity index (χ4n) is 25.4. The van der Waals surface area contributed by atoms with Crippen LogP contribution < -0.4 is 44.9 Å². The van der Waals surface area contributed by atoms with Gasteiger partial charge in [0.05, 0.1) is 41.4 Å². The maximum absolute atomic E-state index is 17.7. The van der Waals surface area contributed by atoms with E-state index in [1.165, 1.54) is 6.07 Å². The number of terminal acetylenes is 3. The van der Waals surface area contributed by atoms with Crippen molar-refractivity contribution in [1.82, 2.24) is 75.5 Å². The maximum atomic E-state index is 17.7. The number of phenolic OH excluding ortho intramolecular Hbond substituents is 3. The summed E-state index contributed by atoms with van der Waals surface area (Å²) < 4.78 is 72.9. The number of nitrogens with one attached hydrogen (secondary N) is 3. The molecule has 29 heteroatoms. The first-order chi connectivity index (χ1) is 62.8. The number of benzene rings is 6. The van der Waals surface area contributed by atoms with Crippen molar-refractivity contribution >= 4 is 121 Å². The van der Waals surface area contributed by atoms with Gasteiger partial charge in [-0.2, -0.15) is 29.9 Å². The summed E-state index contributed by atoms with van der Waals surface area (Å²) in [6, 6.07) is 17.5. The lowest BCUT2D eigenvalue weighted by atomic mass is 9.87. The number of pyridine rings is 3. The highest BCUT2D eigenvalue weighted by Crippen LogP contribution is 2.56. The van der Waals surface area contributed by atoms with Crippen LogP contribution in [0.5, 0.6) is 35.3 Å². The van der Waals surface area contributed by atoms with E-state index < -0.39 is 28.5 Å². The molecule has 12 fully saturated rings. The summed E-state index contributed by atoms with van der Waals surface area (Å²) in [5.74, 6) is 8.27. The molecule has 24 nitrogen and oxygen atoms in total. The minimum absolute atomic E-state index is 0.000324. The first-order valence-electron chi connectivity index (χ1n) is 45.7. The lowest BCUT2D eigenvalue weighted by molar-refractivity contribution is 0.0848. The maximum Gasteiger partial charge on any atom is 0.319 e. The number of halogens is 5. The lowest BCUT2D eigenvalue weighted by Gasteiger charge is -2.36. The van der Waals surface area contributed by atoms with E-state index in [2.05, 4.69) is 102 Å². The number of aryl methyl sites for hydroxylation is 1. The van der Waals surface area contributed by atoms with Crippen molar-refractivity contribution in [3.05, 3.63) is 138 Å². The molecule has 6 N–H and O–H groups in total. The third-order valence-corrected chi connectivity index (χ3v) is 33.1. The van der Waals surface area contributed by atoms with Crippen LogP contribution in [0.3, 0.4) is 0 Å². The minimum atomic E-state index is -0.571. The Morgan fingerprint density at radius 3 is 1.33 bits per heavy atom. The van der Waals surface area contributed by atoms with Gasteiger partial charge in [0, 0.05) is 139 Å². The van der Waals surface area contributed by atoms with E-state index in [1.54, 1.807) is 67.0 Å². The summed E-state index contributed by atoms with van der Waals surface area (Å²) in [7, 11) is 0. The summed E-state index contributed by atoms with van der Waals surface area (Å²) in [6.07, 6.45) is 40.8. The molecule has 0 aliphatic carbocycles. The summed E-state index contributed by atoms with van der Waals surface area (Å²) in [4.78, 5) is 61.3. The fourth-order valence-corrected chi connectivity index (χ4v) is 26.8. The van der Waals surface area contributed by atoms with E-state index in [-0.39, 0.29) is 101 Å². The highest BCUT2D eigenvalue weighted by molar-refractivity contribution is 14.1. The molecule has 6 aromatic carbocycles. The number of hydrogen-bond acceptors (Lipinski definition) is 24. The molecule has 0 saturated carbocycles. The van der Waals surface area contributed by atoms with Crippen LogP contribution in [-0.4, -0.2) is 213 Å². The van der Waals surface area contributed by atoms with Gasteiger partial charge in [-0.05, 0) is 291 Å². The molecule has 12 aliphatic heterocycles. The van der Waals surface area contributed by atoms with Crippen molar-refractivity contribution in [1.29, 1.82) is 0 Å². The predicted molar refractivity (Wildman–Crippen MR) is 502 cm³/mol. The number of fused-ring (bicyclic) bond motifs is 15. The Hall–Kier alpha value is -10.8. The molecule has 18 heterocycles. The number of anilines is 3. The lowest BCUT2D eigenvalue weighted by Crippen LogP contribution is -2.51. The van der Waals surface area contributed by atoms with Crippen LogP contribution >= 0.6 is 38.5 Å². The molecule has 0 radical (unpaired) electrons. The van der Waals surface area contributed by atoms with Crippen LogP contribution in [0.25, 0.3) is 98.8 Å². The molecule has 0 amide bonds. The van der Waals surface area contributed by atoms with Gasteiger partial charge in [0.1, 0.15) is 87.6 Å². The normalized spacial score (nSPS) is 25.7. The van der Waals surface area contributed by atoms with Crippen molar-refractivity contribution in [2.24, 2.45) is 0 Å². The quantitative estimate of drug-likeness (QED) is 0.0366. The standard InChI is InChI=1S/C100H95BrF3IN18O6/c1-5-63-76(102)19-12-53-32-60(124)33-71(81(53)63)74-41-107-90-87(84(74)101)113-96(116-93(90)119-45-56-15-16-57(46-119)110-56)128-50-99-24-10-31-123(99)80(21-26-99)67-39-78(104)65(7-3)83-69(67)35-62(126)37-72(83)75-42-108-91-88(85(75)105)114-97(117-94(91)120-47-58-17-18-59(48-120)111-58)129-51-100-25-11-30-122(100)79(20-27-100)66-38-77(103)64(6-2)82-68(66)34-61(125)36-70(82)73-40-106-89-86(52(73)4)112-95(127-49-98-22-8-28-121(98)29-9-23-98)115-92(89)118-43-54-13-14-55(44-118)109-54/h1-3,12,19,32-42,54-59,79-80,109-111,124-126H,8-11,13-18,20-31,43-51H2,4H3. The van der Waals surface area contributed by atoms with E-state index in [4.69, 9.17) is 78.3 Å². The van der Waals surface area contributed by atoms with Crippen LogP contribution in [0.2, 0.25) is 0 Å². The SMILES string of the molecule is C#Cc1c(F)ccc2cc(O)cc(-c3cnc4c(N5CC6CCC(C5)N6)nc(OCC56CCCN5C(c5cc(F)c(C#C)c7c(-c8cnc9c(N%10CC%11CCC(C%10)N%11)nc(OCC%10%11CCCN%10C(c%10cc(F)c(C#C)c%12c(-c%13cnc%14c(N%15CC%16CCC(C%15)N%16)nc(OCC%15%16CCCN%15CCC%16)nc%14c%13C)cc(O)cc%10%12)CC%11)nc9c8I)cc(O)cc57)CC6)nc4c3Br)c12. The predicted octanol–water partition coefficient (Wildman–Crippen LogP) is 15.6. The zero-order valence-electron chi connectivity index (χ0n) is 71.4. The van der Waals surface area contributed by atoms with Gasteiger partial charge in [0.15, 0.2) is 17.5 Å². The largest absolute Gasteiger partial charge is 0.508 e. The Morgan fingerprint density at radius 2 is 0.837 bits per heavy atom. The van der Waals surface area contributed by atoms with Crippen molar-refractivity contribution < 1.29 is 42.7 Å². The summed E-state index contributed by atoms with van der Waals surface area (Å²) in [5, 5.41) is 50.0. The number of hydrogen-bond donors (Lipinski definition) is 6. The van der Waals surface area contributed by atoms with E-state index >= 15 is 13.2 Å². The van der Waals surface area contributed by atoms with E-state index in [0.29, 0.717) is 219 Å². The number of piperazine rings is 3. The van der Waals surface area contributed by atoms with Crippen LogP contribution in [0, 0.1) is 65.0 Å². The molecule has 10 unspecified atom stereocenters. The topological polar surface area (TPSA) is 260 Å². The molecule has 24 rings (SSSR count). The number of phenols is 3. The van der Waals surface area contributed by atoms with Gasteiger partial charge in [-0.1, -0.05) is 23.8 Å². The Labute approximate surface area is 765 Å². The number of aromatic nitrogens is 9. The average molecular weight is 1910 g/mol. The second-order valence-corrected chi connectivity index (χ2v) is 40.2. The van der Waals surface area contributed by atoms with Gasteiger partial charge < -0.3 is 60.2 Å². The molecule has 12 saturated heterocycles. The first kappa shape index (κ1) is 81.4. The molecule has 129 heavy (non-hydrogen) atoms. The molecule has 6 aromatic heterocycles. The third kappa shape index (κ3) is 13.3. The van der Waals surface area contributed by atoms with E-state index in [1.807, 2.05) is 13.1 Å². The van der Waals surface area contributed by atoms with Crippen LogP contribution in [0.1, 0.15) is 161 Å².